The second-order valence-electron chi connectivity index (χ2n) is 3.52. The molecule has 15 heavy (non-hydrogen) atoms. The van der Waals surface area contributed by atoms with E-state index in [9.17, 15) is 4.79 Å². The van der Waals surface area contributed by atoms with Crippen molar-refractivity contribution in [3.05, 3.63) is 24.3 Å². The lowest BCUT2D eigenvalue weighted by molar-refractivity contribution is 0.229. The van der Waals surface area contributed by atoms with Gasteiger partial charge in [0.1, 0.15) is 0 Å². The summed E-state index contributed by atoms with van der Waals surface area (Å²) in [6.45, 7) is 1.52. The minimum atomic E-state index is 0.0475. The van der Waals surface area contributed by atoms with E-state index in [1.165, 1.54) is 0 Å². The molecule has 2 rings (SSSR count). The van der Waals surface area contributed by atoms with Crippen molar-refractivity contribution in [3.63, 3.8) is 0 Å². The highest BCUT2D eigenvalue weighted by Crippen LogP contribution is 2.23. The fourth-order valence-electron chi connectivity index (χ4n) is 1.63. The standard InChI is InChI=1S/C10H13N3OS/c1-12-5-6-13(10(12)14)9-4-2-3-8(7-9)11-15/h2-4,7,11,15H,5-6H2,1H3. The first-order valence-electron chi connectivity index (χ1n) is 4.75. The lowest BCUT2D eigenvalue weighted by Gasteiger charge is -2.16. The number of carbonyl (C=O) groups is 1. The topological polar surface area (TPSA) is 35.6 Å². The molecule has 0 saturated carbocycles. The quantitative estimate of drug-likeness (QED) is 0.750. The maximum atomic E-state index is 11.7. The van der Waals surface area contributed by atoms with Gasteiger partial charge in [0.15, 0.2) is 0 Å². The van der Waals surface area contributed by atoms with Gasteiger partial charge in [-0.2, -0.15) is 0 Å². The molecule has 1 aromatic carbocycles. The number of nitrogens with zero attached hydrogens (tertiary/aromatic N) is 2. The average Bonchev–Trinajstić information content (AvgIpc) is 2.60. The Morgan fingerprint density at radius 3 is 2.80 bits per heavy atom. The van der Waals surface area contributed by atoms with Gasteiger partial charge in [-0.05, 0) is 18.2 Å². The van der Waals surface area contributed by atoms with Crippen LogP contribution in [0.25, 0.3) is 0 Å². The molecule has 1 saturated heterocycles. The predicted octanol–water partition coefficient (Wildman–Crippen LogP) is 1.82. The third-order valence-corrected chi connectivity index (χ3v) is 2.76. The Bertz CT molecular complexity index is 383. The van der Waals surface area contributed by atoms with Gasteiger partial charge in [0, 0.05) is 31.5 Å². The number of hydrogen-bond donors (Lipinski definition) is 2. The fourth-order valence-corrected chi connectivity index (χ4v) is 1.77. The van der Waals surface area contributed by atoms with Crippen LogP contribution in [0.3, 0.4) is 0 Å². The summed E-state index contributed by atoms with van der Waals surface area (Å²) in [5, 5.41) is 0. The first-order chi connectivity index (χ1) is 7.22. The number of urea groups is 1. The second kappa shape index (κ2) is 4.02. The van der Waals surface area contributed by atoms with E-state index in [1.807, 2.05) is 31.3 Å². The number of rotatable bonds is 2. The van der Waals surface area contributed by atoms with Gasteiger partial charge in [-0.25, -0.2) is 4.79 Å². The molecular weight excluding hydrogens is 210 g/mol. The summed E-state index contributed by atoms with van der Waals surface area (Å²) in [5.74, 6) is 0. The van der Waals surface area contributed by atoms with Crippen molar-refractivity contribution in [2.75, 3.05) is 29.8 Å². The molecular formula is C10H13N3OS. The summed E-state index contributed by atoms with van der Waals surface area (Å²) in [6, 6.07) is 7.68. The number of nitrogens with one attached hydrogen (secondary N) is 1. The molecule has 1 aliphatic rings. The maximum Gasteiger partial charge on any atom is 0.324 e. The predicted molar refractivity (Wildman–Crippen MR) is 64.4 cm³/mol. The highest BCUT2D eigenvalue weighted by Gasteiger charge is 2.26. The van der Waals surface area contributed by atoms with E-state index in [2.05, 4.69) is 17.5 Å². The highest BCUT2D eigenvalue weighted by atomic mass is 32.1. The summed E-state index contributed by atoms with van der Waals surface area (Å²) in [4.78, 5) is 15.2. The smallest absolute Gasteiger partial charge is 0.324 e. The molecule has 0 bridgehead atoms. The first-order valence-corrected chi connectivity index (χ1v) is 5.20. The van der Waals surface area contributed by atoms with Crippen LogP contribution in [0.1, 0.15) is 0 Å². The first kappa shape index (κ1) is 10.2. The zero-order valence-electron chi connectivity index (χ0n) is 8.47. The third kappa shape index (κ3) is 1.87. The van der Waals surface area contributed by atoms with Crippen LogP contribution in [0.2, 0.25) is 0 Å². The molecule has 5 heteroatoms. The van der Waals surface area contributed by atoms with Crippen LogP contribution in [0.15, 0.2) is 24.3 Å². The number of likely N-dealkylation sites (N-methyl/N-ethyl adjacent to an activating group) is 1. The molecule has 1 heterocycles. The van der Waals surface area contributed by atoms with Crippen LogP contribution in [-0.4, -0.2) is 31.1 Å². The molecule has 1 N–H and O–H groups in total. The number of amides is 2. The number of thiol groups is 1. The number of hydrogen-bond acceptors (Lipinski definition) is 3. The molecule has 0 aliphatic carbocycles. The van der Waals surface area contributed by atoms with Gasteiger partial charge in [0.25, 0.3) is 0 Å². The summed E-state index contributed by atoms with van der Waals surface area (Å²) in [6.07, 6.45) is 0. The lowest BCUT2D eigenvalue weighted by atomic mass is 10.2. The van der Waals surface area contributed by atoms with E-state index in [1.54, 1.807) is 9.80 Å². The summed E-state index contributed by atoms with van der Waals surface area (Å²) in [5.41, 5.74) is 1.79. The Labute approximate surface area is 94.4 Å². The molecule has 80 valence electrons. The molecule has 0 spiro atoms. The third-order valence-electron chi connectivity index (χ3n) is 2.50. The van der Waals surface area contributed by atoms with Crippen LogP contribution in [0.4, 0.5) is 16.2 Å². The van der Waals surface area contributed by atoms with Gasteiger partial charge < -0.3 is 9.62 Å². The Hall–Kier alpha value is -1.36. The van der Waals surface area contributed by atoms with E-state index in [0.29, 0.717) is 0 Å². The molecule has 0 aromatic heterocycles. The van der Waals surface area contributed by atoms with E-state index >= 15 is 0 Å². The van der Waals surface area contributed by atoms with Gasteiger partial charge in [-0.3, -0.25) is 4.90 Å². The maximum absolute atomic E-state index is 11.7. The zero-order valence-corrected chi connectivity index (χ0v) is 9.37. The average molecular weight is 223 g/mol. The summed E-state index contributed by atoms with van der Waals surface area (Å²) >= 11 is 3.98. The molecule has 0 radical (unpaired) electrons. The zero-order chi connectivity index (χ0) is 10.8. The lowest BCUT2D eigenvalue weighted by Crippen LogP contribution is -2.29. The Morgan fingerprint density at radius 2 is 2.20 bits per heavy atom. The van der Waals surface area contributed by atoms with Crippen LogP contribution in [0.5, 0.6) is 0 Å². The fraction of sp³-hybridized carbons (Fsp3) is 0.300. The molecule has 4 nitrogen and oxygen atoms in total. The minimum absolute atomic E-state index is 0.0475. The summed E-state index contributed by atoms with van der Waals surface area (Å²) in [7, 11) is 1.81. The van der Waals surface area contributed by atoms with E-state index in [4.69, 9.17) is 0 Å². The largest absolute Gasteiger partial charge is 0.332 e. The van der Waals surface area contributed by atoms with Crippen LogP contribution in [-0.2, 0) is 0 Å². The molecule has 0 atom stereocenters. The summed E-state index contributed by atoms with van der Waals surface area (Å²) < 4.78 is 2.76. The molecule has 0 unspecified atom stereocenters. The van der Waals surface area contributed by atoms with Gasteiger partial charge in [0.2, 0.25) is 0 Å². The normalized spacial score (nSPS) is 16.0. The second-order valence-corrected chi connectivity index (χ2v) is 3.74. The van der Waals surface area contributed by atoms with Crippen molar-refractivity contribution in [2.24, 2.45) is 0 Å². The van der Waals surface area contributed by atoms with E-state index in [0.717, 1.165) is 24.5 Å². The van der Waals surface area contributed by atoms with Crippen molar-refractivity contribution in [1.29, 1.82) is 0 Å². The van der Waals surface area contributed by atoms with Crippen molar-refractivity contribution < 1.29 is 4.79 Å². The van der Waals surface area contributed by atoms with Crippen LogP contribution >= 0.6 is 12.8 Å². The highest BCUT2D eigenvalue weighted by molar-refractivity contribution is 7.81. The van der Waals surface area contributed by atoms with Crippen LogP contribution in [0, 0.1) is 0 Å². The Kier molecular flexibility index (Phi) is 2.73. The van der Waals surface area contributed by atoms with E-state index < -0.39 is 0 Å². The number of benzene rings is 1. The van der Waals surface area contributed by atoms with Crippen molar-refractivity contribution in [3.8, 4) is 0 Å². The SMILES string of the molecule is CN1CCN(c2cccc(NS)c2)C1=O. The number of anilines is 2. The molecule has 1 aliphatic heterocycles. The van der Waals surface area contributed by atoms with Crippen molar-refractivity contribution in [2.45, 2.75) is 0 Å². The Morgan fingerprint density at radius 1 is 1.40 bits per heavy atom. The van der Waals surface area contributed by atoms with Gasteiger partial charge >= 0.3 is 6.03 Å². The van der Waals surface area contributed by atoms with Gasteiger partial charge in [0.05, 0.1) is 0 Å². The van der Waals surface area contributed by atoms with Crippen molar-refractivity contribution in [1.82, 2.24) is 4.90 Å². The monoisotopic (exact) mass is 223 g/mol. The minimum Gasteiger partial charge on any atom is -0.332 e. The number of carbonyl (C=O) groups excluding carboxylic acids is 1. The molecule has 1 fully saturated rings. The Balaban J connectivity index is 2.26. The van der Waals surface area contributed by atoms with Crippen molar-refractivity contribution >= 4 is 30.2 Å². The van der Waals surface area contributed by atoms with Gasteiger partial charge in [-0.15, -0.1) is 0 Å². The van der Waals surface area contributed by atoms with Crippen LogP contribution < -0.4 is 9.62 Å². The molecule has 2 amide bonds. The van der Waals surface area contributed by atoms with Gasteiger partial charge in [-0.1, -0.05) is 18.9 Å². The van der Waals surface area contributed by atoms with E-state index in [-0.39, 0.29) is 6.03 Å². The molecule has 1 aromatic rings.